The molecule has 0 aromatic carbocycles. The number of anilines is 1. The van der Waals surface area contributed by atoms with E-state index >= 15 is 0 Å². The highest BCUT2D eigenvalue weighted by molar-refractivity contribution is 5.98. The zero-order chi connectivity index (χ0) is 10.3. The van der Waals surface area contributed by atoms with Gasteiger partial charge in [0, 0.05) is 0 Å². The molecule has 1 amide bonds. The van der Waals surface area contributed by atoms with Crippen LogP contribution in [0, 0.1) is 0 Å². The minimum absolute atomic E-state index is 0.0841. The second-order valence-electron chi connectivity index (χ2n) is 2.91. The Balaban J connectivity index is 2.43. The van der Waals surface area contributed by atoms with E-state index in [-0.39, 0.29) is 18.0 Å². The molecule has 0 saturated carbocycles. The molecule has 2 heterocycles. The molecule has 6 heteroatoms. The van der Waals surface area contributed by atoms with Crippen molar-refractivity contribution in [3.63, 3.8) is 0 Å². The van der Waals surface area contributed by atoms with Crippen molar-refractivity contribution < 1.29 is 18.0 Å². The molecule has 1 aliphatic rings. The van der Waals surface area contributed by atoms with Gasteiger partial charge in [0.05, 0.1) is 17.8 Å². The van der Waals surface area contributed by atoms with Crippen molar-refractivity contribution in [2.24, 2.45) is 0 Å². The van der Waals surface area contributed by atoms with Crippen molar-refractivity contribution in [1.29, 1.82) is 0 Å². The van der Waals surface area contributed by atoms with Gasteiger partial charge in [-0.3, -0.25) is 4.79 Å². The number of carbonyl (C=O) groups is 1. The molecule has 1 N–H and O–H groups in total. The average Bonchev–Trinajstić information content (AvgIpc) is 2.41. The summed E-state index contributed by atoms with van der Waals surface area (Å²) in [7, 11) is 0. The SMILES string of the molecule is O=C1Cc2nc(C(F)(F)F)ccc2N1. The Bertz CT molecular complexity index is 400. The lowest BCUT2D eigenvalue weighted by molar-refractivity contribution is -0.141. The Kier molecular flexibility index (Phi) is 1.73. The molecule has 2 rings (SSSR count). The third kappa shape index (κ3) is 1.43. The van der Waals surface area contributed by atoms with Crippen molar-refractivity contribution in [2.75, 3.05) is 5.32 Å². The van der Waals surface area contributed by atoms with Crippen molar-refractivity contribution in [1.82, 2.24) is 4.98 Å². The average molecular weight is 202 g/mol. The highest BCUT2D eigenvalue weighted by Gasteiger charge is 2.34. The van der Waals surface area contributed by atoms with E-state index in [1.165, 1.54) is 6.07 Å². The summed E-state index contributed by atoms with van der Waals surface area (Å²) in [6, 6.07) is 2.07. The molecule has 1 aromatic heterocycles. The Morgan fingerprint density at radius 1 is 1.36 bits per heavy atom. The van der Waals surface area contributed by atoms with Crippen LogP contribution in [0.1, 0.15) is 11.4 Å². The van der Waals surface area contributed by atoms with Gasteiger partial charge >= 0.3 is 6.18 Å². The maximum absolute atomic E-state index is 12.2. The number of aromatic nitrogens is 1. The molecule has 0 radical (unpaired) electrons. The monoisotopic (exact) mass is 202 g/mol. The molecule has 1 aliphatic heterocycles. The van der Waals surface area contributed by atoms with Gasteiger partial charge in [-0.05, 0) is 12.1 Å². The van der Waals surface area contributed by atoms with Crippen molar-refractivity contribution >= 4 is 11.6 Å². The largest absolute Gasteiger partial charge is 0.433 e. The van der Waals surface area contributed by atoms with Crippen LogP contribution in [0.5, 0.6) is 0 Å². The molecule has 0 spiro atoms. The number of rotatable bonds is 0. The summed E-state index contributed by atoms with van der Waals surface area (Å²) in [5.41, 5.74) is -0.444. The smallest absolute Gasteiger partial charge is 0.324 e. The molecule has 0 aliphatic carbocycles. The predicted octanol–water partition coefficient (Wildman–Crippen LogP) is 1.59. The number of nitrogens with zero attached hydrogens (tertiary/aromatic N) is 1. The van der Waals surface area contributed by atoms with Crippen LogP contribution in [0.2, 0.25) is 0 Å². The molecule has 0 atom stereocenters. The van der Waals surface area contributed by atoms with E-state index in [9.17, 15) is 18.0 Å². The summed E-state index contributed by atoms with van der Waals surface area (Å²) in [5.74, 6) is -0.327. The van der Waals surface area contributed by atoms with Crippen LogP contribution < -0.4 is 5.32 Å². The van der Waals surface area contributed by atoms with Gasteiger partial charge in [-0.15, -0.1) is 0 Å². The number of fused-ring (bicyclic) bond motifs is 1. The van der Waals surface area contributed by atoms with Gasteiger partial charge in [-0.1, -0.05) is 0 Å². The maximum atomic E-state index is 12.2. The van der Waals surface area contributed by atoms with Gasteiger partial charge in [-0.2, -0.15) is 13.2 Å². The van der Waals surface area contributed by atoms with Crippen LogP contribution in [0.3, 0.4) is 0 Å². The molecular formula is C8H5F3N2O. The van der Waals surface area contributed by atoms with E-state index in [0.29, 0.717) is 5.69 Å². The highest BCUT2D eigenvalue weighted by Crippen LogP contribution is 2.30. The summed E-state index contributed by atoms with van der Waals surface area (Å²) >= 11 is 0. The van der Waals surface area contributed by atoms with Gasteiger partial charge < -0.3 is 5.32 Å². The number of amides is 1. The molecular weight excluding hydrogens is 197 g/mol. The third-order valence-electron chi connectivity index (χ3n) is 1.87. The number of alkyl halides is 3. The molecule has 74 valence electrons. The number of pyridine rings is 1. The molecule has 14 heavy (non-hydrogen) atoms. The lowest BCUT2D eigenvalue weighted by Crippen LogP contribution is -2.08. The third-order valence-corrected chi connectivity index (χ3v) is 1.87. The maximum Gasteiger partial charge on any atom is 0.433 e. The minimum Gasteiger partial charge on any atom is -0.324 e. The first-order valence-corrected chi connectivity index (χ1v) is 3.84. The summed E-state index contributed by atoms with van der Waals surface area (Å²) in [6.45, 7) is 0. The predicted molar refractivity (Wildman–Crippen MR) is 41.6 cm³/mol. The Labute approximate surface area is 76.9 Å². The number of hydrogen-bond acceptors (Lipinski definition) is 2. The van der Waals surface area contributed by atoms with E-state index in [1.807, 2.05) is 0 Å². The zero-order valence-corrected chi connectivity index (χ0v) is 6.85. The van der Waals surface area contributed by atoms with E-state index in [2.05, 4.69) is 10.3 Å². The van der Waals surface area contributed by atoms with Crippen molar-refractivity contribution in [2.45, 2.75) is 12.6 Å². The van der Waals surface area contributed by atoms with Crippen LogP contribution >= 0.6 is 0 Å². The second kappa shape index (κ2) is 2.70. The van der Waals surface area contributed by atoms with E-state index in [0.717, 1.165) is 6.07 Å². The van der Waals surface area contributed by atoms with Crippen LogP contribution in [0.4, 0.5) is 18.9 Å². The quantitative estimate of drug-likeness (QED) is 0.694. The lowest BCUT2D eigenvalue weighted by atomic mass is 10.2. The fraction of sp³-hybridized carbons (Fsp3) is 0.250. The molecule has 0 saturated heterocycles. The van der Waals surface area contributed by atoms with Gasteiger partial charge in [0.15, 0.2) is 0 Å². The summed E-state index contributed by atoms with van der Waals surface area (Å²) in [4.78, 5) is 14.2. The second-order valence-corrected chi connectivity index (χ2v) is 2.91. The highest BCUT2D eigenvalue weighted by atomic mass is 19.4. The first-order chi connectivity index (χ1) is 6.47. The summed E-state index contributed by atoms with van der Waals surface area (Å²) in [5, 5.41) is 2.41. The molecule has 0 fully saturated rings. The van der Waals surface area contributed by atoms with Gasteiger partial charge in [0.1, 0.15) is 5.69 Å². The number of halogens is 3. The Morgan fingerprint density at radius 2 is 2.07 bits per heavy atom. The van der Waals surface area contributed by atoms with Gasteiger partial charge in [0.25, 0.3) is 0 Å². The molecule has 0 unspecified atom stereocenters. The zero-order valence-electron chi connectivity index (χ0n) is 6.85. The Hall–Kier alpha value is -1.59. The van der Waals surface area contributed by atoms with Gasteiger partial charge in [0.2, 0.25) is 5.91 Å². The van der Waals surface area contributed by atoms with Gasteiger partial charge in [-0.25, -0.2) is 4.98 Å². The molecule has 3 nitrogen and oxygen atoms in total. The topological polar surface area (TPSA) is 42.0 Å². The van der Waals surface area contributed by atoms with Crippen molar-refractivity contribution in [3.05, 3.63) is 23.5 Å². The number of carbonyl (C=O) groups excluding carboxylic acids is 1. The van der Waals surface area contributed by atoms with Crippen LogP contribution in [0.25, 0.3) is 0 Å². The summed E-state index contributed by atoms with van der Waals surface area (Å²) < 4.78 is 36.6. The van der Waals surface area contributed by atoms with Crippen LogP contribution in [-0.2, 0) is 17.4 Å². The minimum atomic E-state index is -4.46. The van der Waals surface area contributed by atoms with E-state index in [1.54, 1.807) is 0 Å². The fourth-order valence-corrected chi connectivity index (χ4v) is 1.25. The molecule has 1 aromatic rings. The van der Waals surface area contributed by atoms with Crippen LogP contribution in [-0.4, -0.2) is 10.9 Å². The number of hydrogen-bond donors (Lipinski definition) is 1. The normalized spacial score (nSPS) is 15.2. The number of nitrogens with one attached hydrogen (secondary N) is 1. The standard InChI is InChI=1S/C8H5F3N2O/c9-8(10,11)6-2-1-4-5(12-6)3-7(14)13-4/h1-2H,3H2,(H,13,14). The first kappa shape index (κ1) is 8.98. The lowest BCUT2D eigenvalue weighted by Gasteiger charge is -2.06. The first-order valence-electron chi connectivity index (χ1n) is 3.84. The molecule has 0 bridgehead atoms. The fourth-order valence-electron chi connectivity index (χ4n) is 1.25. The Morgan fingerprint density at radius 3 is 2.71 bits per heavy atom. The van der Waals surface area contributed by atoms with E-state index in [4.69, 9.17) is 0 Å². The van der Waals surface area contributed by atoms with Crippen molar-refractivity contribution in [3.8, 4) is 0 Å². The van der Waals surface area contributed by atoms with Crippen LogP contribution in [0.15, 0.2) is 12.1 Å². The summed E-state index contributed by atoms with van der Waals surface area (Å²) in [6.07, 6.45) is -4.54. The van der Waals surface area contributed by atoms with E-state index < -0.39 is 11.9 Å².